The van der Waals surface area contributed by atoms with Crippen molar-refractivity contribution in [2.45, 2.75) is 0 Å². The van der Waals surface area contributed by atoms with Gasteiger partial charge in [-0.3, -0.25) is 0 Å². The number of pyridine rings is 1. The summed E-state index contributed by atoms with van der Waals surface area (Å²) in [6.45, 7) is 0. The van der Waals surface area contributed by atoms with Crippen LogP contribution in [0.1, 0.15) is 10.5 Å². The van der Waals surface area contributed by atoms with Gasteiger partial charge in [0, 0.05) is 12.1 Å². The van der Waals surface area contributed by atoms with Crippen LogP contribution in [0.25, 0.3) is 11.3 Å². The van der Waals surface area contributed by atoms with Gasteiger partial charge in [0.25, 0.3) is 0 Å². The molecule has 0 aliphatic rings. The van der Waals surface area contributed by atoms with Crippen molar-refractivity contribution in [1.82, 2.24) is 4.98 Å². The fraction of sp³-hybridized carbons (Fsp3) is 0.143. The lowest BCUT2D eigenvalue weighted by Crippen LogP contribution is -2.07. The molecule has 4 nitrogen and oxygen atoms in total. The van der Waals surface area contributed by atoms with Crippen molar-refractivity contribution in [3.63, 3.8) is 0 Å². The molecule has 0 spiro atoms. The van der Waals surface area contributed by atoms with E-state index < -0.39 is 34.7 Å². The zero-order valence-corrected chi connectivity index (χ0v) is 11.1. The number of aromatic nitrogens is 1. The number of carbonyl (C=O) groups excluding carboxylic acids is 1. The van der Waals surface area contributed by atoms with E-state index in [2.05, 4.69) is 9.72 Å². The van der Waals surface area contributed by atoms with E-state index in [0.29, 0.717) is 0 Å². The van der Waals surface area contributed by atoms with Crippen LogP contribution >= 0.6 is 0 Å². The average molecular weight is 297 g/mol. The first-order valence-corrected chi connectivity index (χ1v) is 5.76. The van der Waals surface area contributed by atoms with Gasteiger partial charge in [-0.1, -0.05) is 0 Å². The highest BCUT2D eigenvalue weighted by molar-refractivity contribution is 5.87. The van der Waals surface area contributed by atoms with Crippen molar-refractivity contribution in [2.75, 3.05) is 14.2 Å². The topological polar surface area (TPSA) is 48.4 Å². The summed E-state index contributed by atoms with van der Waals surface area (Å²) >= 11 is 0. The molecule has 7 heteroatoms. The molecule has 1 aromatic carbocycles. The third-order valence-electron chi connectivity index (χ3n) is 2.73. The van der Waals surface area contributed by atoms with Gasteiger partial charge in [0.2, 0.25) is 0 Å². The number of nitrogens with zero attached hydrogens (tertiary/aromatic N) is 1. The van der Waals surface area contributed by atoms with Gasteiger partial charge < -0.3 is 9.47 Å². The smallest absolute Gasteiger partial charge is 0.356 e. The Morgan fingerprint density at radius 1 is 1.05 bits per heavy atom. The summed E-state index contributed by atoms with van der Waals surface area (Å²) in [6.07, 6.45) is 0. The molecule has 1 aromatic heterocycles. The van der Waals surface area contributed by atoms with Gasteiger partial charge in [-0.15, -0.1) is 0 Å². The van der Waals surface area contributed by atoms with Gasteiger partial charge in [0.15, 0.2) is 0 Å². The highest BCUT2D eigenvalue weighted by Crippen LogP contribution is 2.30. The van der Waals surface area contributed by atoms with Crippen LogP contribution in [0.4, 0.5) is 13.2 Å². The second-order valence-electron chi connectivity index (χ2n) is 3.98. The van der Waals surface area contributed by atoms with E-state index in [4.69, 9.17) is 4.74 Å². The van der Waals surface area contributed by atoms with E-state index in [1.54, 1.807) is 0 Å². The Morgan fingerprint density at radius 2 is 1.67 bits per heavy atom. The Morgan fingerprint density at radius 3 is 2.19 bits per heavy atom. The maximum Gasteiger partial charge on any atom is 0.356 e. The summed E-state index contributed by atoms with van der Waals surface area (Å²) in [7, 11) is 2.35. The first-order valence-electron chi connectivity index (χ1n) is 5.76. The van der Waals surface area contributed by atoms with E-state index in [1.165, 1.54) is 7.11 Å². The van der Waals surface area contributed by atoms with Crippen molar-refractivity contribution in [2.24, 2.45) is 0 Å². The van der Waals surface area contributed by atoms with E-state index >= 15 is 0 Å². The Bertz CT molecular complexity index is 681. The summed E-state index contributed by atoms with van der Waals surface area (Å²) in [5.41, 5.74) is -1.56. The lowest BCUT2D eigenvalue weighted by atomic mass is 10.1. The minimum atomic E-state index is -1.06. The lowest BCUT2D eigenvalue weighted by Gasteiger charge is -2.09. The quantitative estimate of drug-likeness (QED) is 0.817. The standard InChI is InChI=1S/C14H10F3NO3/c1-20-7-5-9(16)12(10(17)6-7)13-8(15)3-4-11(18-13)14(19)21-2/h3-6H,1-2H3. The van der Waals surface area contributed by atoms with Crippen molar-refractivity contribution >= 4 is 5.97 Å². The van der Waals surface area contributed by atoms with Crippen LogP contribution in [0.2, 0.25) is 0 Å². The molecule has 0 unspecified atom stereocenters. The van der Waals surface area contributed by atoms with Crippen LogP contribution in [0.15, 0.2) is 24.3 Å². The molecular weight excluding hydrogens is 287 g/mol. The largest absolute Gasteiger partial charge is 0.497 e. The predicted octanol–water partition coefficient (Wildman–Crippen LogP) is 2.96. The number of hydrogen-bond acceptors (Lipinski definition) is 4. The molecule has 0 atom stereocenters. The molecule has 0 saturated heterocycles. The molecule has 0 radical (unpaired) electrons. The Hall–Kier alpha value is -2.57. The second kappa shape index (κ2) is 5.82. The second-order valence-corrected chi connectivity index (χ2v) is 3.98. The molecule has 0 aliphatic carbocycles. The summed E-state index contributed by atoms with van der Waals surface area (Å²) < 4.78 is 50.8. The third-order valence-corrected chi connectivity index (χ3v) is 2.73. The van der Waals surface area contributed by atoms with Gasteiger partial charge in [-0.25, -0.2) is 22.9 Å². The van der Waals surface area contributed by atoms with Gasteiger partial charge in [-0.2, -0.15) is 0 Å². The Balaban J connectivity index is 2.64. The SMILES string of the molecule is COC(=O)c1ccc(F)c(-c2c(F)cc(OC)cc2F)n1. The summed E-state index contributed by atoms with van der Waals surface area (Å²) in [6, 6.07) is 3.73. The maximum absolute atomic E-state index is 13.9. The first kappa shape index (κ1) is 14.8. The molecule has 2 rings (SSSR count). The fourth-order valence-corrected chi connectivity index (χ4v) is 1.73. The van der Waals surface area contributed by atoms with E-state index in [0.717, 1.165) is 31.4 Å². The highest BCUT2D eigenvalue weighted by Gasteiger charge is 2.20. The molecular formula is C14H10F3NO3. The van der Waals surface area contributed by atoms with Crippen molar-refractivity contribution in [3.05, 3.63) is 47.4 Å². The van der Waals surface area contributed by atoms with E-state index in [9.17, 15) is 18.0 Å². The number of esters is 1. The molecule has 0 saturated carbocycles. The van der Waals surface area contributed by atoms with Crippen LogP contribution in [0.5, 0.6) is 5.75 Å². The van der Waals surface area contributed by atoms with Crippen molar-refractivity contribution in [3.8, 4) is 17.0 Å². The zero-order valence-electron chi connectivity index (χ0n) is 11.1. The molecule has 110 valence electrons. The predicted molar refractivity (Wildman–Crippen MR) is 67.4 cm³/mol. The van der Waals surface area contributed by atoms with Crippen LogP contribution in [-0.4, -0.2) is 25.2 Å². The number of hydrogen-bond donors (Lipinski definition) is 0. The highest BCUT2D eigenvalue weighted by atomic mass is 19.1. The van der Waals surface area contributed by atoms with E-state index in [-0.39, 0.29) is 11.4 Å². The Labute approximate surface area is 118 Å². The monoisotopic (exact) mass is 297 g/mol. The molecule has 0 aliphatic heterocycles. The molecule has 21 heavy (non-hydrogen) atoms. The summed E-state index contributed by atoms with van der Waals surface area (Å²) in [5.74, 6) is -3.98. The number of halogens is 3. The van der Waals surface area contributed by atoms with Crippen molar-refractivity contribution < 1.29 is 27.4 Å². The number of methoxy groups -OCH3 is 2. The van der Waals surface area contributed by atoms with Crippen LogP contribution in [-0.2, 0) is 4.74 Å². The molecule has 0 amide bonds. The van der Waals surface area contributed by atoms with Gasteiger partial charge in [0.05, 0.1) is 19.8 Å². The summed E-state index contributed by atoms with van der Waals surface area (Å²) in [4.78, 5) is 15.0. The molecule has 0 fully saturated rings. The average Bonchev–Trinajstić information content (AvgIpc) is 2.47. The van der Waals surface area contributed by atoms with Gasteiger partial charge >= 0.3 is 5.97 Å². The third kappa shape index (κ3) is 2.81. The zero-order chi connectivity index (χ0) is 15.6. The molecule has 0 N–H and O–H groups in total. The fourth-order valence-electron chi connectivity index (χ4n) is 1.73. The van der Waals surface area contributed by atoms with Gasteiger partial charge in [0.1, 0.15) is 34.6 Å². The van der Waals surface area contributed by atoms with Crippen LogP contribution in [0.3, 0.4) is 0 Å². The first-order chi connectivity index (χ1) is 9.97. The molecule has 2 aromatic rings. The number of ether oxygens (including phenoxy) is 2. The number of rotatable bonds is 3. The minimum Gasteiger partial charge on any atom is -0.497 e. The van der Waals surface area contributed by atoms with Crippen LogP contribution in [0, 0.1) is 17.5 Å². The molecule has 0 bridgehead atoms. The summed E-state index contributed by atoms with van der Waals surface area (Å²) in [5, 5.41) is 0. The molecule has 1 heterocycles. The van der Waals surface area contributed by atoms with Gasteiger partial charge in [-0.05, 0) is 12.1 Å². The maximum atomic E-state index is 13.9. The van der Waals surface area contributed by atoms with Crippen LogP contribution < -0.4 is 4.74 Å². The number of benzene rings is 1. The normalized spacial score (nSPS) is 10.3. The lowest BCUT2D eigenvalue weighted by molar-refractivity contribution is 0.0594. The van der Waals surface area contributed by atoms with E-state index in [1.807, 2.05) is 0 Å². The van der Waals surface area contributed by atoms with Crippen molar-refractivity contribution in [1.29, 1.82) is 0 Å². The minimum absolute atomic E-state index is 0.0571. The number of carbonyl (C=O) groups is 1. The Kier molecular flexibility index (Phi) is 4.11.